The van der Waals surface area contributed by atoms with Gasteiger partial charge in [-0.15, -0.1) is 0 Å². The average molecular weight is 292 g/mol. The quantitative estimate of drug-likeness (QED) is 0.647. The minimum absolute atomic E-state index is 0.176. The number of para-hydroxylation sites is 1. The number of carbonyl (C=O) groups is 1. The average Bonchev–Trinajstić information content (AvgIpc) is 2.39. The highest BCUT2D eigenvalue weighted by molar-refractivity contribution is 6.37. The zero-order valence-corrected chi connectivity index (χ0v) is 11.4. The lowest BCUT2D eigenvalue weighted by molar-refractivity contribution is 0.104. The number of hydrogen-bond donors (Lipinski definition) is 1. The van der Waals surface area contributed by atoms with E-state index in [4.69, 9.17) is 23.2 Å². The minimum atomic E-state index is -0.176. The van der Waals surface area contributed by atoms with E-state index in [1.807, 2.05) is 30.3 Å². The second-order valence-electron chi connectivity index (χ2n) is 3.83. The molecule has 96 valence electrons. The Hall–Kier alpha value is -1.77. The van der Waals surface area contributed by atoms with Crippen LogP contribution in [0.2, 0.25) is 10.0 Å². The highest BCUT2D eigenvalue weighted by Crippen LogP contribution is 2.21. The molecule has 0 aliphatic rings. The fourth-order valence-corrected chi connectivity index (χ4v) is 2.03. The van der Waals surface area contributed by atoms with Crippen LogP contribution in [0.4, 0.5) is 5.69 Å². The van der Waals surface area contributed by atoms with Crippen molar-refractivity contribution in [3.05, 3.63) is 76.4 Å². The molecule has 0 unspecified atom stereocenters. The number of carbonyl (C=O) groups excluding carboxylic acids is 1. The number of ketones is 1. The molecular formula is C15H11Cl2NO. The molecule has 0 fully saturated rings. The molecule has 1 N–H and O–H groups in total. The molecule has 0 bridgehead atoms. The monoisotopic (exact) mass is 291 g/mol. The second-order valence-corrected chi connectivity index (χ2v) is 4.68. The molecule has 2 nitrogen and oxygen atoms in total. The number of benzene rings is 2. The van der Waals surface area contributed by atoms with Crippen LogP contribution in [0.1, 0.15) is 10.4 Å². The van der Waals surface area contributed by atoms with Crippen LogP contribution >= 0.6 is 23.2 Å². The van der Waals surface area contributed by atoms with Gasteiger partial charge in [0, 0.05) is 28.5 Å². The van der Waals surface area contributed by atoms with Crippen molar-refractivity contribution in [2.45, 2.75) is 0 Å². The molecule has 4 heteroatoms. The maximum absolute atomic E-state index is 11.9. The smallest absolute Gasteiger partial charge is 0.188 e. The number of anilines is 1. The van der Waals surface area contributed by atoms with Crippen LogP contribution in [-0.2, 0) is 0 Å². The van der Waals surface area contributed by atoms with Gasteiger partial charge in [0.05, 0.1) is 5.02 Å². The standard InChI is InChI=1S/C15H11Cl2NO/c16-11-6-7-13(14(17)10-11)15(19)8-9-18-12-4-2-1-3-5-12/h1-10,18H/b9-8+. The van der Waals surface area contributed by atoms with Crippen LogP contribution in [0.15, 0.2) is 60.8 Å². The van der Waals surface area contributed by atoms with E-state index in [2.05, 4.69) is 5.32 Å². The van der Waals surface area contributed by atoms with Crippen LogP contribution in [0, 0.1) is 0 Å². The Morgan fingerprint density at radius 2 is 1.79 bits per heavy atom. The summed E-state index contributed by atoms with van der Waals surface area (Å²) in [5, 5.41) is 3.86. The van der Waals surface area contributed by atoms with Gasteiger partial charge in [-0.05, 0) is 30.3 Å². The van der Waals surface area contributed by atoms with Crippen LogP contribution in [0.3, 0.4) is 0 Å². The summed E-state index contributed by atoms with van der Waals surface area (Å²) in [6.45, 7) is 0. The fourth-order valence-electron chi connectivity index (χ4n) is 1.53. The first-order valence-corrected chi connectivity index (χ1v) is 6.40. The Morgan fingerprint density at radius 1 is 1.05 bits per heavy atom. The van der Waals surface area contributed by atoms with Gasteiger partial charge in [-0.3, -0.25) is 4.79 Å². The molecule has 19 heavy (non-hydrogen) atoms. The highest BCUT2D eigenvalue weighted by atomic mass is 35.5. The summed E-state index contributed by atoms with van der Waals surface area (Å²) in [5.41, 5.74) is 1.34. The third-order valence-corrected chi connectivity index (χ3v) is 3.00. The molecule has 0 atom stereocenters. The Labute approximate surface area is 121 Å². The zero-order chi connectivity index (χ0) is 13.7. The Morgan fingerprint density at radius 3 is 2.47 bits per heavy atom. The first-order chi connectivity index (χ1) is 9.16. The number of rotatable bonds is 4. The second kappa shape index (κ2) is 6.41. The topological polar surface area (TPSA) is 29.1 Å². The molecule has 0 amide bonds. The summed E-state index contributed by atoms with van der Waals surface area (Å²) in [5.74, 6) is -0.176. The maximum Gasteiger partial charge on any atom is 0.188 e. The molecule has 0 heterocycles. The van der Waals surface area contributed by atoms with E-state index in [1.165, 1.54) is 6.08 Å². The molecule has 0 saturated carbocycles. The van der Waals surface area contributed by atoms with Crippen molar-refractivity contribution in [2.24, 2.45) is 0 Å². The van der Waals surface area contributed by atoms with E-state index in [-0.39, 0.29) is 5.78 Å². The van der Waals surface area contributed by atoms with E-state index < -0.39 is 0 Å². The summed E-state index contributed by atoms with van der Waals surface area (Å²) < 4.78 is 0. The number of hydrogen-bond acceptors (Lipinski definition) is 2. The van der Waals surface area contributed by atoms with Gasteiger partial charge < -0.3 is 5.32 Å². The molecule has 0 saturated heterocycles. The lowest BCUT2D eigenvalue weighted by Gasteiger charge is -2.01. The van der Waals surface area contributed by atoms with Gasteiger partial charge in [0.15, 0.2) is 5.78 Å². The van der Waals surface area contributed by atoms with Crippen LogP contribution < -0.4 is 5.32 Å². The predicted octanol–water partition coefficient (Wildman–Crippen LogP) is 4.80. The Balaban J connectivity index is 2.05. The van der Waals surface area contributed by atoms with Crippen molar-refractivity contribution in [2.75, 3.05) is 5.32 Å². The SMILES string of the molecule is O=C(/C=C/Nc1ccccc1)c1ccc(Cl)cc1Cl. The van der Waals surface area contributed by atoms with Gasteiger partial charge in [-0.1, -0.05) is 41.4 Å². The van der Waals surface area contributed by atoms with Gasteiger partial charge >= 0.3 is 0 Å². The van der Waals surface area contributed by atoms with Crippen molar-refractivity contribution in [3.8, 4) is 0 Å². The van der Waals surface area contributed by atoms with Crippen LogP contribution in [0.5, 0.6) is 0 Å². The first kappa shape index (κ1) is 13.7. The molecule has 0 spiro atoms. The number of nitrogens with one attached hydrogen (secondary N) is 1. The Bertz CT molecular complexity index is 609. The van der Waals surface area contributed by atoms with Gasteiger partial charge in [0.25, 0.3) is 0 Å². The minimum Gasteiger partial charge on any atom is -0.362 e. The van der Waals surface area contributed by atoms with Crippen molar-refractivity contribution in [1.82, 2.24) is 0 Å². The Kier molecular flexibility index (Phi) is 4.61. The van der Waals surface area contributed by atoms with E-state index in [1.54, 1.807) is 24.4 Å². The van der Waals surface area contributed by atoms with E-state index >= 15 is 0 Å². The van der Waals surface area contributed by atoms with Gasteiger partial charge in [0.2, 0.25) is 0 Å². The summed E-state index contributed by atoms with van der Waals surface area (Å²) >= 11 is 11.7. The van der Waals surface area contributed by atoms with Crippen molar-refractivity contribution in [1.29, 1.82) is 0 Å². The van der Waals surface area contributed by atoms with Crippen LogP contribution in [0.25, 0.3) is 0 Å². The lowest BCUT2D eigenvalue weighted by Crippen LogP contribution is -1.97. The zero-order valence-electron chi connectivity index (χ0n) is 9.94. The predicted molar refractivity (Wildman–Crippen MR) is 80.0 cm³/mol. The maximum atomic E-state index is 11.9. The van der Waals surface area contributed by atoms with Gasteiger partial charge in [-0.25, -0.2) is 0 Å². The van der Waals surface area contributed by atoms with Crippen molar-refractivity contribution >= 4 is 34.7 Å². The first-order valence-electron chi connectivity index (χ1n) is 5.64. The molecule has 0 radical (unpaired) electrons. The van der Waals surface area contributed by atoms with E-state index in [9.17, 15) is 4.79 Å². The molecule has 2 rings (SSSR count). The van der Waals surface area contributed by atoms with E-state index in [0.717, 1.165) is 5.69 Å². The number of allylic oxidation sites excluding steroid dienone is 1. The van der Waals surface area contributed by atoms with Gasteiger partial charge in [-0.2, -0.15) is 0 Å². The highest BCUT2D eigenvalue weighted by Gasteiger charge is 2.07. The summed E-state index contributed by atoms with van der Waals surface area (Å²) in [6, 6.07) is 14.4. The molecule has 0 aliphatic carbocycles. The molecule has 2 aromatic carbocycles. The number of halogens is 2. The third kappa shape index (κ3) is 3.85. The normalized spacial score (nSPS) is 10.6. The molecule has 2 aromatic rings. The van der Waals surface area contributed by atoms with Gasteiger partial charge in [0.1, 0.15) is 0 Å². The largest absolute Gasteiger partial charge is 0.362 e. The summed E-state index contributed by atoms with van der Waals surface area (Å²) in [7, 11) is 0. The van der Waals surface area contributed by atoms with E-state index in [0.29, 0.717) is 15.6 Å². The van der Waals surface area contributed by atoms with Crippen molar-refractivity contribution < 1.29 is 4.79 Å². The molecule has 0 aliphatic heterocycles. The fraction of sp³-hybridized carbons (Fsp3) is 0. The van der Waals surface area contributed by atoms with Crippen molar-refractivity contribution in [3.63, 3.8) is 0 Å². The molecule has 0 aromatic heterocycles. The summed E-state index contributed by atoms with van der Waals surface area (Å²) in [4.78, 5) is 11.9. The third-order valence-electron chi connectivity index (χ3n) is 2.46. The van der Waals surface area contributed by atoms with Crippen LogP contribution in [-0.4, -0.2) is 5.78 Å². The summed E-state index contributed by atoms with van der Waals surface area (Å²) in [6.07, 6.45) is 3.02. The lowest BCUT2D eigenvalue weighted by atomic mass is 10.1. The molecular weight excluding hydrogens is 281 g/mol.